The maximum absolute atomic E-state index is 4.11. The van der Waals surface area contributed by atoms with E-state index in [0.29, 0.717) is 11.8 Å². The molecule has 0 aliphatic rings. The first-order valence-electron chi connectivity index (χ1n) is 3.86. The van der Waals surface area contributed by atoms with Crippen molar-refractivity contribution < 1.29 is 0 Å². The predicted octanol–water partition coefficient (Wildman–Crippen LogP) is 1.80. The summed E-state index contributed by atoms with van der Waals surface area (Å²) in [7, 11) is 0. The fraction of sp³-hybridized carbons (Fsp3) is 0.375. The molecule has 4 nitrogen and oxygen atoms in total. The Bertz CT molecular complexity index is 298. The van der Waals surface area contributed by atoms with E-state index in [1.54, 1.807) is 17.1 Å². The summed E-state index contributed by atoms with van der Waals surface area (Å²) in [6.45, 7) is 7.44. The molecule has 1 heterocycles. The van der Waals surface area contributed by atoms with Crippen molar-refractivity contribution in [3.63, 3.8) is 0 Å². The molecule has 0 atom stereocenters. The maximum Gasteiger partial charge on any atom is 0.251 e. The Balaban J connectivity index is 2.96. The molecule has 0 spiro atoms. The highest BCUT2D eigenvalue weighted by Gasteiger charge is 2.00. The minimum Gasteiger partial charge on any atom is -0.224 e. The van der Waals surface area contributed by atoms with Crippen molar-refractivity contribution in [2.75, 3.05) is 0 Å². The fourth-order valence-corrected chi connectivity index (χ4v) is 0.802. The Morgan fingerprint density at radius 3 is 3.00 bits per heavy atom. The zero-order valence-electron chi connectivity index (χ0n) is 7.36. The number of hydrogen-bond donors (Lipinski definition) is 0. The highest BCUT2D eigenvalue weighted by molar-refractivity contribution is 5.60. The van der Waals surface area contributed by atoms with Gasteiger partial charge in [-0.1, -0.05) is 13.5 Å². The standard InChI is InChI=1S/C8H12N4/c1-4-6-9-8-10-7(3)11-12(8)5-2/h5-6H,2,4H2,1,3H3. The van der Waals surface area contributed by atoms with Crippen molar-refractivity contribution in [2.24, 2.45) is 4.99 Å². The fourth-order valence-electron chi connectivity index (χ4n) is 0.802. The molecule has 0 aromatic carbocycles. The third kappa shape index (κ3) is 1.78. The van der Waals surface area contributed by atoms with Gasteiger partial charge in [-0.2, -0.15) is 10.1 Å². The maximum atomic E-state index is 4.11. The van der Waals surface area contributed by atoms with Gasteiger partial charge >= 0.3 is 0 Å². The van der Waals surface area contributed by atoms with Crippen molar-refractivity contribution in [3.8, 4) is 0 Å². The van der Waals surface area contributed by atoms with Crippen LogP contribution in [0.3, 0.4) is 0 Å². The summed E-state index contributed by atoms with van der Waals surface area (Å²) in [5, 5.41) is 4.06. The molecule has 0 saturated heterocycles. The van der Waals surface area contributed by atoms with E-state index in [-0.39, 0.29) is 0 Å². The van der Waals surface area contributed by atoms with Crippen molar-refractivity contribution >= 4 is 18.4 Å². The first kappa shape index (κ1) is 8.64. The SMILES string of the molecule is C=Cn1nc(C)nc1N=CCC. The number of nitrogens with zero attached hydrogens (tertiary/aromatic N) is 4. The van der Waals surface area contributed by atoms with E-state index in [9.17, 15) is 0 Å². The summed E-state index contributed by atoms with van der Waals surface area (Å²) in [5.74, 6) is 1.29. The largest absolute Gasteiger partial charge is 0.251 e. The van der Waals surface area contributed by atoms with Crippen molar-refractivity contribution in [1.82, 2.24) is 14.8 Å². The zero-order valence-corrected chi connectivity index (χ0v) is 7.36. The summed E-state index contributed by atoms with van der Waals surface area (Å²) in [6, 6.07) is 0. The van der Waals surface area contributed by atoms with Crippen LogP contribution in [-0.4, -0.2) is 21.0 Å². The molecular formula is C8H12N4. The molecule has 0 bridgehead atoms. The van der Waals surface area contributed by atoms with Crippen molar-refractivity contribution in [1.29, 1.82) is 0 Å². The van der Waals surface area contributed by atoms with Gasteiger partial charge in [-0.25, -0.2) is 9.67 Å². The van der Waals surface area contributed by atoms with Gasteiger partial charge in [0.2, 0.25) is 0 Å². The molecule has 12 heavy (non-hydrogen) atoms. The van der Waals surface area contributed by atoms with Crippen molar-refractivity contribution in [2.45, 2.75) is 20.3 Å². The highest BCUT2D eigenvalue weighted by Crippen LogP contribution is 2.07. The normalized spacial score (nSPS) is 10.8. The third-order valence-electron chi connectivity index (χ3n) is 1.28. The molecule has 0 amide bonds. The Hall–Kier alpha value is -1.45. The van der Waals surface area contributed by atoms with Gasteiger partial charge in [-0.05, 0) is 13.3 Å². The van der Waals surface area contributed by atoms with Crippen LogP contribution in [0.2, 0.25) is 0 Å². The first-order chi connectivity index (χ1) is 5.77. The Morgan fingerprint density at radius 2 is 2.42 bits per heavy atom. The molecule has 0 aliphatic carbocycles. The van der Waals surface area contributed by atoms with Crippen LogP contribution in [0.5, 0.6) is 0 Å². The Labute approximate surface area is 71.7 Å². The van der Waals surface area contributed by atoms with Gasteiger partial charge in [0.25, 0.3) is 5.95 Å². The van der Waals surface area contributed by atoms with Crippen LogP contribution in [0.1, 0.15) is 19.2 Å². The van der Waals surface area contributed by atoms with E-state index in [4.69, 9.17) is 0 Å². The van der Waals surface area contributed by atoms with Crippen LogP contribution in [0.15, 0.2) is 11.6 Å². The zero-order chi connectivity index (χ0) is 8.97. The minimum atomic E-state index is 0.587. The second-order valence-corrected chi connectivity index (χ2v) is 2.31. The van der Waals surface area contributed by atoms with Gasteiger partial charge < -0.3 is 0 Å². The number of aryl methyl sites for hydroxylation is 1. The quantitative estimate of drug-likeness (QED) is 0.639. The molecule has 0 fully saturated rings. The third-order valence-corrected chi connectivity index (χ3v) is 1.28. The second-order valence-electron chi connectivity index (χ2n) is 2.31. The summed E-state index contributed by atoms with van der Waals surface area (Å²) in [4.78, 5) is 8.21. The Morgan fingerprint density at radius 1 is 1.67 bits per heavy atom. The van der Waals surface area contributed by atoms with Crippen LogP contribution in [0.4, 0.5) is 5.95 Å². The lowest BCUT2D eigenvalue weighted by Crippen LogP contribution is -1.87. The monoisotopic (exact) mass is 164 g/mol. The molecule has 0 saturated carbocycles. The molecule has 64 valence electrons. The molecule has 1 aromatic heterocycles. The topological polar surface area (TPSA) is 43.1 Å². The van der Waals surface area contributed by atoms with E-state index in [1.165, 1.54) is 0 Å². The van der Waals surface area contributed by atoms with Crippen LogP contribution in [0, 0.1) is 6.92 Å². The first-order valence-corrected chi connectivity index (χ1v) is 3.86. The second kappa shape index (κ2) is 3.80. The Kier molecular flexibility index (Phi) is 2.74. The van der Waals surface area contributed by atoms with E-state index in [0.717, 1.165) is 6.42 Å². The van der Waals surface area contributed by atoms with Crippen molar-refractivity contribution in [3.05, 3.63) is 12.4 Å². The molecule has 0 N–H and O–H groups in total. The van der Waals surface area contributed by atoms with Crippen LogP contribution >= 0.6 is 0 Å². The van der Waals surface area contributed by atoms with Gasteiger partial charge in [0, 0.05) is 12.4 Å². The molecule has 0 radical (unpaired) electrons. The molecular weight excluding hydrogens is 152 g/mol. The predicted molar refractivity (Wildman–Crippen MR) is 49.6 cm³/mol. The van der Waals surface area contributed by atoms with Crippen LogP contribution in [0.25, 0.3) is 6.20 Å². The van der Waals surface area contributed by atoms with E-state index >= 15 is 0 Å². The molecule has 1 aromatic rings. The smallest absolute Gasteiger partial charge is 0.224 e. The number of hydrogen-bond acceptors (Lipinski definition) is 3. The number of rotatable bonds is 3. The van der Waals surface area contributed by atoms with Crippen LogP contribution in [-0.2, 0) is 0 Å². The summed E-state index contributed by atoms with van der Waals surface area (Å²) in [5.41, 5.74) is 0. The average Bonchev–Trinajstić information content (AvgIpc) is 2.42. The lowest BCUT2D eigenvalue weighted by molar-refractivity contribution is 0.912. The van der Waals surface area contributed by atoms with Crippen LogP contribution < -0.4 is 0 Å². The van der Waals surface area contributed by atoms with Gasteiger partial charge in [0.15, 0.2) is 0 Å². The molecule has 1 rings (SSSR count). The van der Waals surface area contributed by atoms with E-state index < -0.39 is 0 Å². The average molecular weight is 164 g/mol. The van der Waals surface area contributed by atoms with E-state index in [2.05, 4.69) is 21.7 Å². The van der Waals surface area contributed by atoms with Gasteiger partial charge in [0.05, 0.1) is 0 Å². The molecule has 0 aliphatic heterocycles. The van der Waals surface area contributed by atoms with Gasteiger partial charge in [-0.15, -0.1) is 0 Å². The summed E-state index contributed by atoms with van der Waals surface area (Å²) >= 11 is 0. The lowest BCUT2D eigenvalue weighted by Gasteiger charge is -1.90. The summed E-state index contributed by atoms with van der Waals surface area (Å²) < 4.78 is 1.56. The van der Waals surface area contributed by atoms with E-state index in [1.807, 2.05) is 13.8 Å². The number of aliphatic imine (C=N–C) groups is 1. The van der Waals surface area contributed by atoms with Gasteiger partial charge in [-0.3, -0.25) is 0 Å². The number of aromatic nitrogens is 3. The lowest BCUT2D eigenvalue weighted by atomic mass is 10.5. The highest BCUT2D eigenvalue weighted by atomic mass is 15.4. The molecule has 0 unspecified atom stereocenters. The summed E-state index contributed by atoms with van der Waals surface area (Å²) in [6.07, 6.45) is 4.27. The molecule has 4 heteroatoms. The van der Waals surface area contributed by atoms with Gasteiger partial charge in [0.1, 0.15) is 5.82 Å². The minimum absolute atomic E-state index is 0.587.